The summed E-state index contributed by atoms with van der Waals surface area (Å²) < 4.78 is 29.9. The van der Waals surface area contributed by atoms with Crippen LogP contribution in [0.25, 0.3) is 0 Å². The fourth-order valence-corrected chi connectivity index (χ4v) is 2.53. The van der Waals surface area contributed by atoms with Gasteiger partial charge in [0.2, 0.25) is 0 Å². The van der Waals surface area contributed by atoms with Crippen LogP contribution in [0.15, 0.2) is 47.4 Å². The molecular formula is C18H18F2N2O3S. The fraction of sp³-hybridized carbons (Fsp3) is 0.222. The highest BCUT2D eigenvalue weighted by Gasteiger charge is 2.10. The molecule has 0 saturated carbocycles. The van der Waals surface area contributed by atoms with Crippen molar-refractivity contribution in [3.8, 4) is 5.75 Å². The van der Waals surface area contributed by atoms with Crippen molar-refractivity contribution in [3.05, 3.63) is 59.2 Å². The normalized spacial score (nSPS) is 10.5. The van der Waals surface area contributed by atoms with Crippen LogP contribution in [0.2, 0.25) is 0 Å². The molecule has 26 heavy (non-hydrogen) atoms. The Bertz CT molecular complexity index is 783. The van der Waals surface area contributed by atoms with Gasteiger partial charge in [-0.2, -0.15) is 8.78 Å². The second-order valence-corrected chi connectivity index (χ2v) is 6.53. The zero-order valence-corrected chi connectivity index (χ0v) is 15.0. The number of carbonyl (C=O) groups excluding carboxylic acids is 2. The number of hydrogen-bond donors (Lipinski definition) is 2. The zero-order valence-electron chi connectivity index (χ0n) is 14.2. The Balaban J connectivity index is 1.81. The lowest BCUT2D eigenvalue weighted by atomic mass is 10.1. The minimum atomic E-state index is -2.52. The molecule has 0 saturated heterocycles. The van der Waals surface area contributed by atoms with Crippen LogP contribution < -0.4 is 15.6 Å². The quantitative estimate of drug-likeness (QED) is 0.595. The van der Waals surface area contributed by atoms with Crippen molar-refractivity contribution in [1.82, 2.24) is 10.9 Å². The van der Waals surface area contributed by atoms with Gasteiger partial charge in [-0.3, -0.25) is 20.4 Å². The lowest BCUT2D eigenvalue weighted by Gasteiger charge is -2.11. The van der Waals surface area contributed by atoms with Crippen molar-refractivity contribution < 1.29 is 23.1 Å². The van der Waals surface area contributed by atoms with Crippen molar-refractivity contribution in [2.75, 3.05) is 6.61 Å². The van der Waals surface area contributed by atoms with Gasteiger partial charge in [-0.1, -0.05) is 23.9 Å². The molecule has 0 spiro atoms. The molecule has 2 aromatic carbocycles. The van der Waals surface area contributed by atoms with E-state index in [0.717, 1.165) is 11.1 Å². The summed E-state index contributed by atoms with van der Waals surface area (Å²) in [6.07, 6.45) is 0. The molecule has 2 N–H and O–H groups in total. The first-order valence-electron chi connectivity index (χ1n) is 7.69. The van der Waals surface area contributed by atoms with Crippen LogP contribution in [-0.4, -0.2) is 24.2 Å². The van der Waals surface area contributed by atoms with Gasteiger partial charge in [0.05, 0.1) is 0 Å². The first-order valence-corrected chi connectivity index (χ1v) is 8.57. The van der Waals surface area contributed by atoms with Gasteiger partial charge in [-0.05, 0) is 55.3 Å². The van der Waals surface area contributed by atoms with E-state index in [4.69, 9.17) is 4.74 Å². The maximum atomic E-state index is 12.3. The van der Waals surface area contributed by atoms with Gasteiger partial charge in [-0.25, -0.2) is 0 Å². The molecule has 0 aliphatic heterocycles. The number of thioether (sulfide) groups is 1. The van der Waals surface area contributed by atoms with Crippen molar-refractivity contribution in [2.24, 2.45) is 0 Å². The highest BCUT2D eigenvalue weighted by molar-refractivity contribution is 7.99. The lowest BCUT2D eigenvalue weighted by Crippen LogP contribution is -2.43. The molecule has 0 bridgehead atoms. The van der Waals surface area contributed by atoms with Gasteiger partial charge in [0.15, 0.2) is 6.61 Å². The Morgan fingerprint density at radius 1 is 1.08 bits per heavy atom. The third kappa shape index (κ3) is 6.03. The topological polar surface area (TPSA) is 67.4 Å². The zero-order chi connectivity index (χ0) is 19.1. The molecule has 0 radical (unpaired) electrons. The molecule has 0 aromatic heterocycles. The molecule has 5 nitrogen and oxygen atoms in total. The molecule has 2 rings (SSSR count). The Kier molecular flexibility index (Phi) is 6.97. The molecule has 0 aliphatic rings. The maximum absolute atomic E-state index is 12.3. The Morgan fingerprint density at radius 2 is 1.77 bits per heavy atom. The van der Waals surface area contributed by atoms with Crippen LogP contribution in [0.1, 0.15) is 21.5 Å². The van der Waals surface area contributed by atoms with Crippen molar-refractivity contribution >= 4 is 23.6 Å². The summed E-state index contributed by atoms with van der Waals surface area (Å²) in [5.41, 5.74) is 6.63. The molecule has 8 heteroatoms. The minimum Gasteiger partial charge on any atom is -0.483 e. The number of nitrogens with one attached hydrogen (secondary N) is 2. The Hall–Kier alpha value is -2.61. The summed E-state index contributed by atoms with van der Waals surface area (Å²) in [4.78, 5) is 24.1. The van der Waals surface area contributed by atoms with E-state index in [1.807, 2.05) is 32.0 Å². The highest BCUT2D eigenvalue weighted by Crippen LogP contribution is 2.25. The molecule has 0 atom stereocenters. The van der Waals surface area contributed by atoms with Crippen LogP contribution >= 0.6 is 11.8 Å². The number of ether oxygens (including phenoxy) is 1. The van der Waals surface area contributed by atoms with E-state index >= 15 is 0 Å². The van der Waals surface area contributed by atoms with E-state index in [0.29, 0.717) is 22.4 Å². The SMILES string of the molecule is Cc1ccc(C)c(OCC(=O)NNC(=O)c2ccc(SC(F)F)cc2)c1. The number of halogens is 2. The van der Waals surface area contributed by atoms with Crippen molar-refractivity contribution in [3.63, 3.8) is 0 Å². The number of carbonyl (C=O) groups is 2. The smallest absolute Gasteiger partial charge is 0.288 e. The van der Waals surface area contributed by atoms with Gasteiger partial charge in [0, 0.05) is 10.5 Å². The summed E-state index contributed by atoms with van der Waals surface area (Å²) in [7, 11) is 0. The Labute approximate surface area is 154 Å². The average molecular weight is 380 g/mol. The van der Waals surface area contributed by atoms with E-state index in [1.54, 1.807) is 0 Å². The van der Waals surface area contributed by atoms with Crippen LogP contribution in [0, 0.1) is 13.8 Å². The molecule has 0 aliphatic carbocycles. The average Bonchev–Trinajstić information content (AvgIpc) is 2.60. The predicted molar refractivity (Wildman–Crippen MR) is 95.3 cm³/mol. The molecule has 2 amide bonds. The summed E-state index contributed by atoms with van der Waals surface area (Å²) in [6.45, 7) is 3.52. The first kappa shape index (κ1) is 19.7. The standard InChI is InChI=1S/C18H18F2N2O3S/c1-11-3-4-12(2)15(9-11)25-10-16(23)21-22-17(24)13-5-7-14(8-6-13)26-18(19)20/h3-9,18H,10H2,1-2H3,(H,21,23)(H,22,24). The summed E-state index contributed by atoms with van der Waals surface area (Å²) >= 11 is 0.392. The number of alkyl halides is 2. The monoisotopic (exact) mass is 380 g/mol. The number of aryl methyl sites for hydroxylation is 2. The Morgan fingerprint density at radius 3 is 2.42 bits per heavy atom. The molecular weight excluding hydrogens is 362 g/mol. The first-order chi connectivity index (χ1) is 12.3. The summed E-state index contributed by atoms with van der Waals surface area (Å²) in [5, 5.41) is 0. The van der Waals surface area contributed by atoms with E-state index in [2.05, 4.69) is 10.9 Å². The van der Waals surface area contributed by atoms with E-state index < -0.39 is 17.6 Å². The van der Waals surface area contributed by atoms with Crippen LogP contribution in [0.4, 0.5) is 8.78 Å². The predicted octanol–water partition coefficient (Wildman–Crippen LogP) is 3.46. The molecule has 2 aromatic rings. The van der Waals surface area contributed by atoms with Crippen LogP contribution in [0.3, 0.4) is 0 Å². The summed E-state index contributed by atoms with van der Waals surface area (Å²) in [6, 6.07) is 11.3. The molecule has 138 valence electrons. The fourth-order valence-electron chi connectivity index (χ4n) is 2.03. The second-order valence-electron chi connectivity index (χ2n) is 5.46. The van der Waals surface area contributed by atoms with E-state index in [1.165, 1.54) is 24.3 Å². The van der Waals surface area contributed by atoms with E-state index in [9.17, 15) is 18.4 Å². The van der Waals surface area contributed by atoms with Crippen LogP contribution in [0.5, 0.6) is 5.75 Å². The molecule has 0 heterocycles. The minimum absolute atomic E-state index is 0.236. The maximum Gasteiger partial charge on any atom is 0.288 e. The summed E-state index contributed by atoms with van der Waals surface area (Å²) in [5.74, 6) is -3.01. The number of hydrogen-bond acceptors (Lipinski definition) is 4. The number of rotatable bonds is 6. The second kappa shape index (κ2) is 9.19. The molecule has 0 fully saturated rings. The van der Waals surface area contributed by atoms with E-state index in [-0.39, 0.29) is 12.2 Å². The van der Waals surface area contributed by atoms with Gasteiger partial charge in [0.1, 0.15) is 5.75 Å². The third-order valence-electron chi connectivity index (χ3n) is 3.36. The largest absolute Gasteiger partial charge is 0.483 e. The van der Waals surface area contributed by atoms with Crippen LogP contribution in [-0.2, 0) is 4.79 Å². The lowest BCUT2D eigenvalue weighted by molar-refractivity contribution is -0.123. The van der Waals surface area contributed by atoms with Gasteiger partial charge < -0.3 is 4.74 Å². The van der Waals surface area contributed by atoms with Gasteiger partial charge in [0.25, 0.3) is 17.6 Å². The van der Waals surface area contributed by atoms with Gasteiger partial charge >= 0.3 is 0 Å². The highest BCUT2D eigenvalue weighted by atomic mass is 32.2. The number of amides is 2. The number of benzene rings is 2. The van der Waals surface area contributed by atoms with Crippen molar-refractivity contribution in [1.29, 1.82) is 0 Å². The van der Waals surface area contributed by atoms with Crippen molar-refractivity contribution in [2.45, 2.75) is 24.5 Å². The third-order valence-corrected chi connectivity index (χ3v) is 4.08. The van der Waals surface area contributed by atoms with Gasteiger partial charge in [-0.15, -0.1) is 0 Å². The molecule has 0 unspecified atom stereocenters. The number of hydrazine groups is 1.